The highest BCUT2D eigenvalue weighted by molar-refractivity contribution is 5.13. The molecule has 0 N–H and O–H groups in total. The average molecular weight is 244 g/mol. The molecule has 1 rings (SSSR count). The van der Waals surface area contributed by atoms with Crippen LogP contribution in [0.1, 0.15) is 51.0 Å². The topological polar surface area (TPSA) is 9.23 Å². The number of rotatable bonds is 9. The van der Waals surface area contributed by atoms with Gasteiger partial charge in [0.25, 0.3) is 0 Å². The van der Waals surface area contributed by atoms with E-state index in [1.807, 2.05) is 18.2 Å². The molecule has 1 aromatic rings. The molecule has 1 heteroatoms. The third kappa shape index (κ3) is 6.47. The summed E-state index contributed by atoms with van der Waals surface area (Å²) in [6.07, 6.45) is 12.3. The molecule has 0 aliphatic rings. The van der Waals surface area contributed by atoms with Crippen LogP contribution < -0.4 is 0 Å². The van der Waals surface area contributed by atoms with Gasteiger partial charge in [0.05, 0.1) is 12.7 Å². The fourth-order valence-electron chi connectivity index (χ4n) is 1.97. The van der Waals surface area contributed by atoms with Gasteiger partial charge in [0, 0.05) is 6.42 Å². The summed E-state index contributed by atoms with van der Waals surface area (Å²) in [5, 5.41) is 0. The van der Waals surface area contributed by atoms with Crippen LogP contribution in [-0.2, 0) is 11.3 Å². The molecule has 1 aromatic carbocycles. The second kappa shape index (κ2) is 9.74. The Labute approximate surface area is 112 Å². The predicted octanol–water partition coefficient (Wildman–Crippen LogP) is 4.57. The maximum atomic E-state index is 5.98. The number of ether oxygens (including phenoxy) is 1. The molecule has 0 fully saturated rings. The van der Waals surface area contributed by atoms with Crippen molar-refractivity contribution in [1.29, 1.82) is 0 Å². The quantitative estimate of drug-likeness (QED) is 0.457. The van der Waals surface area contributed by atoms with Crippen LogP contribution in [0.3, 0.4) is 0 Å². The van der Waals surface area contributed by atoms with Gasteiger partial charge in [-0.25, -0.2) is 0 Å². The number of hydrogen-bond donors (Lipinski definition) is 0. The van der Waals surface area contributed by atoms with Gasteiger partial charge in [-0.2, -0.15) is 0 Å². The first-order chi connectivity index (χ1) is 8.86. The first-order valence-corrected chi connectivity index (χ1v) is 6.95. The molecule has 0 heterocycles. The minimum absolute atomic E-state index is 0.313. The van der Waals surface area contributed by atoms with Crippen molar-refractivity contribution in [2.24, 2.45) is 0 Å². The Bertz CT molecular complexity index is 336. The standard InChI is InChI=1S/C17H24O/c1-3-5-8-14-17(13-6-4-2)18-15-16-11-9-7-10-12-16/h2,7,9-12,17H,3,5-6,8,13-15H2,1H3. The van der Waals surface area contributed by atoms with Crippen molar-refractivity contribution in [2.75, 3.05) is 0 Å². The molecular weight excluding hydrogens is 220 g/mol. The molecule has 1 atom stereocenters. The summed E-state index contributed by atoms with van der Waals surface area (Å²) in [6, 6.07) is 10.3. The summed E-state index contributed by atoms with van der Waals surface area (Å²) in [5.41, 5.74) is 1.23. The molecule has 0 saturated heterocycles. The van der Waals surface area contributed by atoms with E-state index in [1.165, 1.54) is 24.8 Å². The molecule has 0 aliphatic carbocycles. The molecule has 1 unspecified atom stereocenters. The minimum Gasteiger partial charge on any atom is -0.374 e. The summed E-state index contributed by atoms with van der Waals surface area (Å²) in [4.78, 5) is 0. The van der Waals surface area contributed by atoms with Crippen molar-refractivity contribution in [3.05, 3.63) is 35.9 Å². The van der Waals surface area contributed by atoms with E-state index in [4.69, 9.17) is 11.2 Å². The number of unbranched alkanes of at least 4 members (excludes halogenated alkanes) is 2. The maximum Gasteiger partial charge on any atom is 0.0720 e. The molecule has 0 spiro atoms. The predicted molar refractivity (Wildman–Crippen MR) is 77.2 cm³/mol. The van der Waals surface area contributed by atoms with E-state index in [2.05, 4.69) is 25.0 Å². The number of hydrogen-bond acceptors (Lipinski definition) is 1. The van der Waals surface area contributed by atoms with Gasteiger partial charge in [0.1, 0.15) is 0 Å². The summed E-state index contributed by atoms with van der Waals surface area (Å²) in [5.74, 6) is 2.71. The molecule has 0 radical (unpaired) electrons. The Kier molecular flexibility index (Phi) is 8.01. The lowest BCUT2D eigenvalue weighted by Gasteiger charge is -2.17. The highest BCUT2D eigenvalue weighted by Crippen LogP contribution is 2.14. The van der Waals surface area contributed by atoms with Gasteiger partial charge in [0.2, 0.25) is 0 Å². The largest absolute Gasteiger partial charge is 0.374 e. The van der Waals surface area contributed by atoms with E-state index in [9.17, 15) is 0 Å². The van der Waals surface area contributed by atoms with E-state index in [0.717, 1.165) is 19.3 Å². The summed E-state index contributed by atoms with van der Waals surface area (Å²) >= 11 is 0. The van der Waals surface area contributed by atoms with Crippen molar-refractivity contribution >= 4 is 0 Å². The Morgan fingerprint density at radius 1 is 1.17 bits per heavy atom. The smallest absolute Gasteiger partial charge is 0.0720 e. The fraction of sp³-hybridized carbons (Fsp3) is 0.529. The lowest BCUT2D eigenvalue weighted by Crippen LogP contribution is -2.12. The zero-order chi connectivity index (χ0) is 13.1. The molecule has 0 amide bonds. The van der Waals surface area contributed by atoms with Crippen LogP contribution in [-0.4, -0.2) is 6.10 Å². The third-order valence-corrected chi connectivity index (χ3v) is 3.07. The number of terminal acetylenes is 1. The first kappa shape index (κ1) is 14.8. The molecule has 0 bridgehead atoms. The second-order valence-electron chi connectivity index (χ2n) is 4.66. The van der Waals surface area contributed by atoms with Crippen LogP contribution in [0.15, 0.2) is 30.3 Å². The summed E-state index contributed by atoms with van der Waals surface area (Å²) in [7, 11) is 0. The highest BCUT2D eigenvalue weighted by atomic mass is 16.5. The van der Waals surface area contributed by atoms with E-state index >= 15 is 0 Å². The molecule has 0 aromatic heterocycles. The van der Waals surface area contributed by atoms with Gasteiger partial charge in [-0.1, -0.05) is 56.5 Å². The summed E-state index contributed by atoms with van der Waals surface area (Å²) < 4.78 is 5.98. The highest BCUT2D eigenvalue weighted by Gasteiger charge is 2.08. The first-order valence-electron chi connectivity index (χ1n) is 6.95. The lowest BCUT2D eigenvalue weighted by atomic mass is 10.1. The molecule has 0 saturated carbocycles. The molecule has 98 valence electrons. The van der Waals surface area contributed by atoms with Gasteiger partial charge in [-0.3, -0.25) is 0 Å². The van der Waals surface area contributed by atoms with Gasteiger partial charge in [-0.05, 0) is 18.4 Å². The lowest BCUT2D eigenvalue weighted by molar-refractivity contribution is 0.0288. The Hall–Kier alpha value is -1.26. The Morgan fingerprint density at radius 2 is 1.94 bits per heavy atom. The van der Waals surface area contributed by atoms with Gasteiger partial charge in [0.15, 0.2) is 0 Å². The monoisotopic (exact) mass is 244 g/mol. The Balaban J connectivity index is 2.33. The van der Waals surface area contributed by atoms with Crippen LogP contribution in [0.2, 0.25) is 0 Å². The molecule has 1 nitrogen and oxygen atoms in total. The molecule has 18 heavy (non-hydrogen) atoms. The van der Waals surface area contributed by atoms with Crippen LogP contribution in [0.25, 0.3) is 0 Å². The van der Waals surface area contributed by atoms with Gasteiger partial charge >= 0.3 is 0 Å². The van der Waals surface area contributed by atoms with Crippen molar-refractivity contribution in [2.45, 2.75) is 58.2 Å². The molecule has 0 aliphatic heterocycles. The van der Waals surface area contributed by atoms with Crippen molar-refractivity contribution < 1.29 is 4.74 Å². The fourth-order valence-corrected chi connectivity index (χ4v) is 1.97. The van der Waals surface area contributed by atoms with Crippen LogP contribution in [0.4, 0.5) is 0 Å². The zero-order valence-corrected chi connectivity index (χ0v) is 11.4. The normalized spacial score (nSPS) is 12.0. The van der Waals surface area contributed by atoms with Crippen LogP contribution in [0.5, 0.6) is 0 Å². The average Bonchev–Trinajstić information content (AvgIpc) is 2.42. The zero-order valence-electron chi connectivity index (χ0n) is 11.4. The summed E-state index contributed by atoms with van der Waals surface area (Å²) in [6.45, 7) is 2.92. The van der Waals surface area contributed by atoms with Gasteiger partial charge < -0.3 is 4.74 Å². The minimum atomic E-state index is 0.313. The number of benzene rings is 1. The third-order valence-electron chi connectivity index (χ3n) is 3.07. The Morgan fingerprint density at radius 3 is 2.61 bits per heavy atom. The van der Waals surface area contributed by atoms with E-state index in [-0.39, 0.29) is 0 Å². The van der Waals surface area contributed by atoms with Crippen LogP contribution >= 0.6 is 0 Å². The van der Waals surface area contributed by atoms with E-state index < -0.39 is 0 Å². The van der Waals surface area contributed by atoms with Crippen molar-refractivity contribution in [3.8, 4) is 12.3 Å². The maximum absolute atomic E-state index is 5.98. The van der Waals surface area contributed by atoms with Crippen molar-refractivity contribution in [3.63, 3.8) is 0 Å². The van der Waals surface area contributed by atoms with Crippen molar-refractivity contribution in [1.82, 2.24) is 0 Å². The van der Waals surface area contributed by atoms with E-state index in [1.54, 1.807) is 0 Å². The SMILES string of the molecule is C#CCCC(CCCCC)OCc1ccccc1. The van der Waals surface area contributed by atoms with Crippen LogP contribution in [0, 0.1) is 12.3 Å². The van der Waals surface area contributed by atoms with Gasteiger partial charge in [-0.15, -0.1) is 12.3 Å². The molecular formula is C17H24O. The second-order valence-corrected chi connectivity index (χ2v) is 4.66. The van der Waals surface area contributed by atoms with E-state index in [0.29, 0.717) is 12.7 Å².